The molecule has 1 N–H and O–H groups in total. The third kappa shape index (κ3) is 6.98. The van der Waals surface area contributed by atoms with Gasteiger partial charge < -0.3 is 9.84 Å². The number of β-amino-alcohol motifs (C(OH)–C–C–N with tert-alkyl or cyclic N) is 1. The second-order valence-corrected chi connectivity index (χ2v) is 5.04. The number of aliphatic hydroxyl groups is 1. The Bertz CT molecular complexity index is 310. The Balaban J connectivity index is 2.23. The van der Waals surface area contributed by atoms with Gasteiger partial charge in [0.25, 0.3) is 0 Å². The molecule has 0 spiro atoms. The van der Waals surface area contributed by atoms with Crippen LogP contribution in [0.25, 0.3) is 0 Å². The van der Waals surface area contributed by atoms with E-state index in [9.17, 15) is 9.59 Å². The molecule has 1 saturated heterocycles. The number of ether oxygens (including phenoxy) is 1. The van der Waals surface area contributed by atoms with Crippen molar-refractivity contribution in [2.45, 2.75) is 26.2 Å². The summed E-state index contributed by atoms with van der Waals surface area (Å²) in [5.41, 5.74) is 0. The first-order chi connectivity index (χ1) is 9.65. The van der Waals surface area contributed by atoms with E-state index in [4.69, 9.17) is 9.84 Å². The summed E-state index contributed by atoms with van der Waals surface area (Å²) >= 11 is 0. The first-order valence-electron chi connectivity index (χ1n) is 7.38. The van der Waals surface area contributed by atoms with Crippen LogP contribution in [0.2, 0.25) is 0 Å². The standard InChI is InChI=1S/C14H26N2O4/c1-2-20-14(19)5-4-13(18)12-16-7-3-6-15(8-9-16)10-11-17/h17H,2-12H2,1H3. The zero-order valence-electron chi connectivity index (χ0n) is 12.3. The van der Waals surface area contributed by atoms with Gasteiger partial charge >= 0.3 is 5.97 Å². The summed E-state index contributed by atoms with van der Waals surface area (Å²) in [6, 6.07) is 0. The van der Waals surface area contributed by atoms with Gasteiger partial charge in [-0.2, -0.15) is 0 Å². The summed E-state index contributed by atoms with van der Waals surface area (Å²) in [6.07, 6.45) is 1.44. The molecule has 0 radical (unpaired) electrons. The van der Waals surface area contributed by atoms with Gasteiger partial charge in [-0.1, -0.05) is 0 Å². The molecule has 1 aliphatic rings. The van der Waals surface area contributed by atoms with Gasteiger partial charge in [-0.15, -0.1) is 0 Å². The van der Waals surface area contributed by atoms with Crippen LogP contribution < -0.4 is 0 Å². The lowest BCUT2D eigenvalue weighted by Gasteiger charge is -2.20. The second kappa shape index (κ2) is 9.85. The van der Waals surface area contributed by atoms with E-state index in [1.54, 1.807) is 6.92 Å². The van der Waals surface area contributed by atoms with Crippen LogP contribution in [-0.4, -0.2) is 79.1 Å². The van der Waals surface area contributed by atoms with Crippen LogP contribution in [0.1, 0.15) is 26.2 Å². The number of ketones is 1. The highest BCUT2D eigenvalue weighted by Crippen LogP contribution is 2.04. The zero-order chi connectivity index (χ0) is 14.8. The number of Topliss-reactive ketones (excluding diaryl/α,β-unsaturated/α-hetero) is 1. The highest BCUT2D eigenvalue weighted by Gasteiger charge is 2.17. The molecule has 116 valence electrons. The van der Waals surface area contributed by atoms with Crippen LogP contribution in [0.4, 0.5) is 0 Å². The lowest BCUT2D eigenvalue weighted by Crippen LogP contribution is -2.35. The van der Waals surface area contributed by atoms with Crippen molar-refractivity contribution >= 4 is 11.8 Å². The third-order valence-electron chi connectivity index (χ3n) is 3.41. The number of hydrogen-bond donors (Lipinski definition) is 1. The van der Waals surface area contributed by atoms with Gasteiger partial charge in [0.05, 0.1) is 26.2 Å². The van der Waals surface area contributed by atoms with Gasteiger partial charge in [-0.3, -0.25) is 19.4 Å². The Labute approximate surface area is 120 Å². The molecule has 6 heteroatoms. The van der Waals surface area contributed by atoms with E-state index in [1.807, 2.05) is 0 Å². The fourth-order valence-corrected chi connectivity index (χ4v) is 2.35. The van der Waals surface area contributed by atoms with E-state index in [0.29, 0.717) is 19.7 Å². The average Bonchev–Trinajstić information content (AvgIpc) is 2.63. The molecular weight excluding hydrogens is 260 g/mol. The van der Waals surface area contributed by atoms with E-state index in [0.717, 1.165) is 32.6 Å². The number of nitrogens with zero attached hydrogens (tertiary/aromatic N) is 2. The fraction of sp³-hybridized carbons (Fsp3) is 0.857. The monoisotopic (exact) mass is 286 g/mol. The summed E-state index contributed by atoms with van der Waals surface area (Å²) in [5, 5.41) is 8.93. The normalized spacial score (nSPS) is 17.7. The minimum Gasteiger partial charge on any atom is -0.466 e. The predicted molar refractivity (Wildman–Crippen MR) is 75.5 cm³/mol. The molecule has 20 heavy (non-hydrogen) atoms. The van der Waals surface area contributed by atoms with E-state index < -0.39 is 0 Å². The first-order valence-corrected chi connectivity index (χ1v) is 7.38. The van der Waals surface area contributed by atoms with Crippen molar-refractivity contribution in [3.63, 3.8) is 0 Å². The molecule has 0 atom stereocenters. The third-order valence-corrected chi connectivity index (χ3v) is 3.41. The molecule has 0 aromatic heterocycles. The van der Waals surface area contributed by atoms with E-state index >= 15 is 0 Å². The largest absolute Gasteiger partial charge is 0.466 e. The molecule has 0 unspecified atom stereocenters. The van der Waals surface area contributed by atoms with Gasteiger partial charge in [0, 0.05) is 26.1 Å². The molecule has 0 bridgehead atoms. The number of carbonyl (C=O) groups excluding carboxylic acids is 2. The lowest BCUT2D eigenvalue weighted by atomic mass is 10.2. The van der Waals surface area contributed by atoms with Crippen molar-refractivity contribution in [1.29, 1.82) is 0 Å². The second-order valence-electron chi connectivity index (χ2n) is 5.04. The first kappa shape index (κ1) is 17.1. The van der Waals surface area contributed by atoms with Crippen LogP contribution in [0.15, 0.2) is 0 Å². The summed E-state index contributed by atoms with van der Waals surface area (Å²) < 4.78 is 4.81. The van der Waals surface area contributed by atoms with Gasteiger partial charge in [0.2, 0.25) is 0 Å². The van der Waals surface area contributed by atoms with Gasteiger partial charge in [0.1, 0.15) is 5.78 Å². The quantitative estimate of drug-likeness (QED) is 0.628. The van der Waals surface area contributed by atoms with Crippen molar-refractivity contribution in [2.24, 2.45) is 0 Å². The van der Waals surface area contributed by atoms with Crippen molar-refractivity contribution < 1.29 is 19.4 Å². The molecule has 0 aromatic carbocycles. The molecular formula is C14H26N2O4. The van der Waals surface area contributed by atoms with Crippen LogP contribution in [0.3, 0.4) is 0 Å². The molecule has 6 nitrogen and oxygen atoms in total. The maximum atomic E-state index is 11.8. The Morgan fingerprint density at radius 1 is 1.10 bits per heavy atom. The summed E-state index contributed by atoms with van der Waals surface area (Å²) in [5.74, 6) is -0.209. The molecule has 0 saturated carbocycles. The minimum absolute atomic E-state index is 0.0914. The van der Waals surface area contributed by atoms with Gasteiger partial charge in [0.15, 0.2) is 0 Å². The lowest BCUT2D eigenvalue weighted by molar-refractivity contribution is -0.144. The van der Waals surface area contributed by atoms with Gasteiger partial charge in [-0.25, -0.2) is 0 Å². The number of esters is 1. The van der Waals surface area contributed by atoms with Crippen molar-refractivity contribution in [3.8, 4) is 0 Å². The zero-order valence-corrected chi connectivity index (χ0v) is 12.3. The van der Waals surface area contributed by atoms with Crippen LogP contribution in [-0.2, 0) is 14.3 Å². The maximum absolute atomic E-state index is 11.8. The number of aliphatic hydroxyl groups excluding tert-OH is 1. The Hall–Kier alpha value is -0.980. The van der Waals surface area contributed by atoms with Crippen molar-refractivity contribution in [1.82, 2.24) is 9.80 Å². The smallest absolute Gasteiger partial charge is 0.306 e. The topological polar surface area (TPSA) is 70.1 Å². The van der Waals surface area contributed by atoms with E-state index in [2.05, 4.69) is 9.80 Å². The van der Waals surface area contributed by atoms with Crippen LogP contribution in [0.5, 0.6) is 0 Å². The average molecular weight is 286 g/mol. The van der Waals surface area contributed by atoms with Crippen molar-refractivity contribution in [2.75, 3.05) is 52.5 Å². The highest BCUT2D eigenvalue weighted by molar-refractivity contribution is 5.84. The molecule has 1 rings (SSSR count). The van der Waals surface area contributed by atoms with E-state index in [1.165, 1.54) is 0 Å². The molecule has 0 aromatic rings. The maximum Gasteiger partial charge on any atom is 0.306 e. The summed E-state index contributed by atoms with van der Waals surface area (Å²) in [6.45, 7) is 6.99. The van der Waals surface area contributed by atoms with Gasteiger partial charge in [-0.05, 0) is 26.4 Å². The SMILES string of the molecule is CCOC(=O)CCC(=O)CN1CCCN(CCO)CC1. The van der Waals surface area contributed by atoms with Crippen molar-refractivity contribution in [3.05, 3.63) is 0 Å². The summed E-state index contributed by atoms with van der Waals surface area (Å²) in [4.78, 5) is 27.4. The van der Waals surface area contributed by atoms with Crippen LogP contribution >= 0.6 is 0 Å². The molecule has 1 heterocycles. The number of rotatable bonds is 8. The molecule has 0 amide bonds. The molecule has 1 fully saturated rings. The Morgan fingerprint density at radius 3 is 2.50 bits per heavy atom. The Kier molecular flexibility index (Phi) is 8.41. The summed E-state index contributed by atoms with van der Waals surface area (Å²) in [7, 11) is 0. The Morgan fingerprint density at radius 2 is 1.80 bits per heavy atom. The van der Waals surface area contributed by atoms with Crippen LogP contribution in [0, 0.1) is 0 Å². The number of hydrogen-bond acceptors (Lipinski definition) is 6. The molecule has 1 aliphatic heterocycles. The molecule has 0 aliphatic carbocycles. The van der Waals surface area contributed by atoms with E-state index in [-0.39, 0.29) is 31.2 Å². The predicted octanol–water partition coefficient (Wildman–Crippen LogP) is -0.101. The minimum atomic E-state index is -0.300. The number of carbonyl (C=O) groups is 2. The highest BCUT2D eigenvalue weighted by atomic mass is 16.5. The fourth-order valence-electron chi connectivity index (χ4n) is 2.35.